The van der Waals surface area contributed by atoms with Gasteiger partial charge >= 0.3 is 0 Å². The molecular formula is C6H11NO. The van der Waals surface area contributed by atoms with Gasteiger partial charge in [-0.3, -0.25) is 0 Å². The summed E-state index contributed by atoms with van der Waals surface area (Å²) in [5.41, 5.74) is 6.07. The Bertz CT molecular complexity index is 126. The Morgan fingerprint density at radius 1 is 1.62 bits per heavy atom. The fraction of sp³-hybridized carbons (Fsp3) is 1.00. The van der Waals surface area contributed by atoms with Crippen LogP contribution in [0.1, 0.15) is 12.8 Å². The minimum atomic E-state index is 0.355. The van der Waals surface area contributed by atoms with E-state index >= 15 is 0 Å². The largest absolute Gasteiger partial charge is 0.396 e. The van der Waals surface area contributed by atoms with Crippen molar-refractivity contribution < 1.29 is 5.11 Å². The monoisotopic (exact) mass is 113 g/mol. The Kier molecular flexibility index (Phi) is 0.649. The number of nitrogens with two attached hydrogens (primary N) is 1. The van der Waals surface area contributed by atoms with Crippen LogP contribution in [0.5, 0.6) is 0 Å². The minimum absolute atomic E-state index is 0.355. The standard InChI is InChI=1S/C6H11NO/c7-5-2-6(5)1-4(6)3-8/h4-5,8H,1-3,7H2. The molecule has 3 N–H and O–H groups in total. The second kappa shape index (κ2) is 1.09. The van der Waals surface area contributed by atoms with Gasteiger partial charge in [0.05, 0.1) is 0 Å². The van der Waals surface area contributed by atoms with E-state index in [1.807, 2.05) is 0 Å². The molecule has 2 saturated carbocycles. The number of rotatable bonds is 1. The molecular weight excluding hydrogens is 102 g/mol. The maximum absolute atomic E-state index is 8.64. The molecule has 0 aliphatic heterocycles. The molecule has 2 aliphatic rings. The summed E-state index contributed by atoms with van der Waals surface area (Å²) in [6.07, 6.45) is 2.35. The lowest BCUT2D eigenvalue weighted by molar-refractivity contribution is 0.266. The Morgan fingerprint density at radius 3 is 2.38 bits per heavy atom. The van der Waals surface area contributed by atoms with E-state index in [2.05, 4.69) is 0 Å². The Morgan fingerprint density at radius 2 is 2.25 bits per heavy atom. The Balaban J connectivity index is 1.97. The molecule has 0 aromatic rings. The van der Waals surface area contributed by atoms with E-state index in [0.717, 1.165) is 6.42 Å². The van der Waals surface area contributed by atoms with Gasteiger partial charge in [0.25, 0.3) is 0 Å². The fourth-order valence-corrected chi connectivity index (χ4v) is 1.70. The second-order valence-electron chi connectivity index (χ2n) is 3.13. The molecule has 0 bridgehead atoms. The van der Waals surface area contributed by atoms with Crippen molar-refractivity contribution in [3.63, 3.8) is 0 Å². The number of hydrogen-bond acceptors (Lipinski definition) is 2. The van der Waals surface area contributed by atoms with Gasteiger partial charge in [0, 0.05) is 12.6 Å². The quantitative estimate of drug-likeness (QED) is 0.491. The van der Waals surface area contributed by atoms with Gasteiger partial charge in [-0.05, 0) is 24.2 Å². The van der Waals surface area contributed by atoms with Crippen LogP contribution in [0.3, 0.4) is 0 Å². The van der Waals surface area contributed by atoms with Crippen LogP contribution in [-0.2, 0) is 0 Å². The molecule has 3 atom stereocenters. The summed E-state index contributed by atoms with van der Waals surface area (Å²) < 4.78 is 0. The lowest BCUT2D eigenvalue weighted by Gasteiger charge is -1.85. The highest BCUT2D eigenvalue weighted by Crippen LogP contribution is 2.69. The van der Waals surface area contributed by atoms with E-state index in [4.69, 9.17) is 10.8 Å². The zero-order valence-corrected chi connectivity index (χ0v) is 4.80. The van der Waals surface area contributed by atoms with Gasteiger partial charge in [-0.25, -0.2) is 0 Å². The third kappa shape index (κ3) is 0.361. The first-order valence-corrected chi connectivity index (χ1v) is 3.16. The Hall–Kier alpha value is -0.0800. The maximum atomic E-state index is 8.64. The molecule has 2 nitrogen and oxygen atoms in total. The zero-order valence-electron chi connectivity index (χ0n) is 4.80. The molecule has 8 heavy (non-hydrogen) atoms. The molecule has 0 aromatic heterocycles. The summed E-state index contributed by atoms with van der Waals surface area (Å²) in [7, 11) is 0. The molecule has 0 amide bonds. The van der Waals surface area contributed by atoms with Crippen molar-refractivity contribution >= 4 is 0 Å². The summed E-state index contributed by atoms with van der Waals surface area (Å²) in [5.74, 6) is 0.567. The van der Waals surface area contributed by atoms with E-state index in [1.165, 1.54) is 6.42 Å². The summed E-state index contributed by atoms with van der Waals surface area (Å²) in [4.78, 5) is 0. The third-order valence-electron chi connectivity index (χ3n) is 2.68. The molecule has 1 spiro atoms. The first-order valence-electron chi connectivity index (χ1n) is 3.16. The molecule has 2 aliphatic carbocycles. The van der Waals surface area contributed by atoms with Crippen molar-refractivity contribution in [2.24, 2.45) is 17.1 Å². The van der Waals surface area contributed by atoms with Crippen molar-refractivity contribution in [1.29, 1.82) is 0 Å². The first-order chi connectivity index (χ1) is 3.79. The van der Waals surface area contributed by atoms with Gasteiger partial charge in [-0.15, -0.1) is 0 Å². The van der Waals surface area contributed by atoms with Crippen molar-refractivity contribution in [3.05, 3.63) is 0 Å². The van der Waals surface area contributed by atoms with Gasteiger partial charge in [-0.1, -0.05) is 0 Å². The van der Waals surface area contributed by atoms with E-state index in [9.17, 15) is 0 Å². The van der Waals surface area contributed by atoms with Gasteiger partial charge in [-0.2, -0.15) is 0 Å². The van der Waals surface area contributed by atoms with Gasteiger partial charge in [0.2, 0.25) is 0 Å². The molecule has 2 fully saturated rings. The van der Waals surface area contributed by atoms with Gasteiger partial charge in [0.15, 0.2) is 0 Å². The topological polar surface area (TPSA) is 46.2 Å². The zero-order chi connectivity index (χ0) is 5.78. The molecule has 0 radical (unpaired) electrons. The summed E-state index contributed by atoms with van der Waals surface area (Å²) in [5, 5.41) is 8.64. The normalized spacial score (nSPS) is 59.2. The molecule has 2 rings (SSSR count). The smallest absolute Gasteiger partial charge is 0.0465 e. The molecule has 46 valence electrons. The average Bonchev–Trinajstić information content (AvgIpc) is 2.55. The highest BCUT2D eigenvalue weighted by molar-refractivity contribution is 5.21. The minimum Gasteiger partial charge on any atom is -0.396 e. The van der Waals surface area contributed by atoms with Crippen molar-refractivity contribution in [2.75, 3.05) is 6.61 Å². The molecule has 2 heteroatoms. The summed E-state index contributed by atoms with van der Waals surface area (Å²) in [6.45, 7) is 0.355. The number of hydrogen-bond donors (Lipinski definition) is 2. The fourth-order valence-electron chi connectivity index (χ4n) is 1.70. The molecule has 0 heterocycles. The van der Waals surface area contributed by atoms with Crippen LogP contribution in [0.2, 0.25) is 0 Å². The third-order valence-corrected chi connectivity index (χ3v) is 2.68. The van der Waals surface area contributed by atoms with Crippen LogP contribution in [-0.4, -0.2) is 17.8 Å². The van der Waals surface area contributed by atoms with E-state index < -0.39 is 0 Å². The van der Waals surface area contributed by atoms with E-state index in [0.29, 0.717) is 24.0 Å². The Labute approximate surface area is 48.7 Å². The van der Waals surface area contributed by atoms with Crippen LogP contribution >= 0.6 is 0 Å². The maximum Gasteiger partial charge on any atom is 0.0465 e. The molecule has 0 saturated heterocycles. The van der Waals surface area contributed by atoms with Crippen LogP contribution in [0.15, 0.2) is 0 Å². The molecule has 0 aromatic carbocycles. The highest BCUT2D eigenvalue weighted by atomic mass is 16.3. The highest BCUT2D eigenvalue weighted by Gasteiger charge is 2.68. The van der Waals surface area contributed by atoms with Crippen LogP contribution in [0.4, 0.5) is 0 Å². The predicted octanol–water partition coefficient (Wildman–Crippen LogP) is -0.284. The summed E-state index contributed by atoms with van der Waals surface area (Å²) in [6, 6.07) is 0.430. The van der Waals surface area contributed by atoms with Crippen LogP contribution in [0, 0.1) is 11.3 Å². The molecule has 3 unspecified atom stereocenters. The van der Waals surface area contributed by atoms with Crippen molar-refractivity contribution in [2.45, 2.75) is 18.9 Å². The van der Waals surface area contributed by atoms with Crippen LogP contribution in [0.25, 0.3) is 0 Å². The van der Waals surface area contributed by atoms with Crippen molar-refractivity contribution in [3.8, 4) is 0 Å². The summed E-state index contributed by atoms with van der Waals surface area (Å²) >= 11 is 0. The van der Waals surface area contributed by atoms with E-state index in [-0.39, 0.29) is 0 Å². The van der Waals surface area contributed by atoms with Gasteiger partial charge < -0.3 is 10.8 Å². The SMILES string of the molecule is NC1CC12CC2CO. The average molecular weight is 113 g/mol. The van der Waals surface area contributed by atoms with Crippen LogP contribution < -0.4 is 5.73 Å². The second-order valence-corrected chi connectivity index (χ2v) is 3.13. The number of aliphatic hydroxyl groups is 1. The lowest BCUT2D eigenvalue weighted by Crippen LogP contribution is -2.04. The van der Waals surface area contributed by atoms with E-state index in [1.54, 1.807) is 0 Å². The predicted molar refractivity (Wildman–Crippen MR) is 30.2 cm³/mol. The van der Waals surface area contributed by atoms with Gasteiger partial charge in [0.1, 0.15) is 0 Å². The lowest BCUT2D eigenvalue weighted by atomic mass is 10.3. The number of aliphatic hydroxyl groups excluding tert-OH is 1. The van der Waals surface area contributed by atoms with Crippen molar-refractivity contribution in [1.82, 2.24) is 0 Å². The first kappa shape index (κ1) is 4.77.